The third-order valence-electron chi connectivity index (χ3n) is 3.68. The minimum Gasteiger partial charge on any atom is -0.267 e. The van der Waals surface area contributed by atoms with Gasteiger partial charge in [0.2, 0.25) is 0 Å². The molecular formula is C18H12F4N4O2. The average Bonchev–Trinajstić information content (AvgIpc) is 3.17. The molecule has 0 saturated heterocycles. The molecule has 10 heteroatoms. The summed E-state index contributed by atoms with van der Waals surface area (Å²) in [5, 5.41) is 3.43. The Morgan fingerprint density at radius 2 is 1.54 bits per heavy atom. The van der Waals surface area contributed by atoms with E-state index in [9.17, 15) is 27.2 Å². The molecule has 0 aliphatic heterocycles. The van der Waals surface area contributed by atoms with Gasteiger partial charge in [-0.25, -0.2) is 9.07 Å². The lowest BCUT2D eigenvalue weighted by molar-refractivity contribution is -0.141. The van der Waals surface area contributed by atoms with Crippen molar-refractivity contribution >= 4 is 11.8 Å². The summed E-state index contributed by atoms with van der Waals surface area (Å²) >= 11 is 0. The predicted molar refractivity (Wildman–Crippen MR) is 89.9 cm³/mol. The molecule has 0 saturated carbocycles. The Morgan fingerprint density at radius 3 is 2.14 bits per heavy atom. The number of carbonyl (C=O) groups is 2. The van der Waals surface area contributed by atoms with E-state index in [4.69, 9.17) is 0 Å². The Kier molecular flexibility index (Phi) is 5.12. The minimum atomic E-state index is -4.55. The van der Waals surface area contributed by atoms with Crippen molar-refractivity contribution in [1.82, 2.24) is 20.6 Å². The smallest absolute Gasteiger partial charge is 0.267 e. The second kappa shape index (κ2) is 7.51. The first-order valence-corrected chi connectivity index (χ1v) is 7.84. The monoisotopic (exact) mass is 392 g/mol. The highest BCUT2D eigenvalue weighted by molar-refractivity contribution is 5.99. The highest BCUT2D eigenvalue weighted by Gasteiger charge is 2.33. The zero-order valence-electron chi connectivity index (χ0n) is 14.0. The van der Waals surface area contributed by atoms with Crippen molar-refractivity contribution in [1.29, 1.82) is 0 Å². The van der Waals surface area contributed by atoms with Crippen molar-refractivity contribution in [3.63, 3.8) is 0 Å². The highest BCUT2D eigenvalue weighted by Crippen LogP contribution is 2.27. The third-order valence-corrected chi connectivity index (χ3v) is 3.68. The number of hydrogen-bond acceptors (Lipinski definition) is 3. The molecule has 2 aromatic carbocycles. The van der Waals surface area contributed by atoms with E-state index in [0.717, 1.165) is 23.0 Å². The fourth-order valence-electron chi connectivity index (χ4n) is 2.28. The van der Waals surface area contributed by atoms with Gasteiger partial charge >= 0.3 is 6.18 Å². The molecule has 2 amide bonds. The molecule has 2 N–H and O–H groups in total. The van der Waals surface area contributed by atoms with E-state index in [2.05, 4.69) is 16.0 Å². The fourth-order valence-corrected chi connectivity index (χ4v) is 2.28. The molecule has 0 atom stereocenters. The largest absolute Gasteiger partial charge is 0.435 e. The van der Waals surface area contributed by atoms with Gasteiger partial charge in [-0.1, -0.05) is 12.1 Å². The van der Waals surface area contributed by atoms with Crippen molar-refractivity contribution in [2.75, 3.05) is 0 Å². The second-order valence-corrected chi connectivity index (χ2v) is 5.58. The van der Waals surface area contributed by atoms with Gasteiger partial charge in [0.05, 0.1) is 11.3 Å². The molecule has 6 nitrogen and oxygen atoms in total. The predicted octanol–water partition coefficient (Wildman–Crippen LogP) is 3.11. The van der Waals surface area contributed by atoms with Crippen molar-refractivity contribution in [2.24, 2.45) is 0 Å². The molecule has 0 radical (unpaired) electrons. The Hall–Kier alpha value is -3.69. The maximum absolute atomic E-state index is 13.5. The van der Waals surface area contributed by atoms with Crippen LogP contribution in [-0.4, -0.2) is 21.6 Å². The summed E-state index contributed by atoms with van der Waals surface area (Å²) in [6, 6.07) is 11.5. The Bertz CT molecular complexity index is 1010. The van der Waals surface area contributed by atoms with Crippen LogP contribution < -0.4 is 10.9 Å². The van der Waals surface area contributed by atoms with Gasteiger partial charge in [0.15, 0.2) is 5.69 Å². The summed E-state index contributed by atoms with van der Waals surface area (Å²) in [6.45, 7) is 0. The first-order chi connectivity index (χ1) is 13.3. The first-order valence-electron chi connectivity index (χ1n) is 7.84. The maximum atomic E-state index is 13.5. The molecule has 1 heterocycles. The van der Waals surface area contributed by atoms with E-state index >= 15 is 0 Å². The summed E-state index contributed by atoms with van der Waals surface area (Å²) in [5.41, 5.74) is 3.37. The van der Waals surface area contributed by atoms with Crippen LogP contribution >= 0.6 is 0 Å². The van der Waals surface area contributed by atoms with Crippen LogP contribution in [0.2, 0.25) is 0 Å². The van der Waals surface area contributed by atoms with Crippen molar-refractivity contribution < 1.29 is 27.2 Å². The zero-order valence-corrected chi connectivity index (χ0v) is 14.0. The Labute approximate surface area is 155 Å². The summed E-state index contributed by atoms with van der Waals surface area (Å²) in [7, 11) is 0. The van der Waals surface area contributed by atoms with Crippen LogP contribution in [0.3, 0.4) is 0 Å². The van der Waals surface area contributed by atoms with E-state index in [1.165, 1.54) is 42.5 Å². The molecule has 3 rings (SSSR count). The van der Waals surface area contributed by atoms with E-state index in [0.29, 0.717) is 5.69 Å². The quantitative estimate of drug-likeness (QED) is 0.531. The van der Waals surface area contributed by atoms with Crippen LogP contribution in [0.5, 0.6) is 0 Å². The number of nitrogens with one attached hydrogen (secondary N) is 2. The number of carbonyl (C=O) groups excluding carboxylic acids is 2. The number of halogens is 4. The average molecular weight is 392 g/mol. The number of rotatable bonds is 3. The topological polar surface area (TPSA) is 76.0 Å². The van der Waals surface area contributed by atoms with Gasteiger partial charge in [0.25, 0.3) is 11.8 Å². The zero-order chi connectivity index (χ0) is 20.3. The van der Waals surface area contributed by atoms with Gasteiger partial charge in [-0.3, -0.25) is 20.4 Å². The number of amides is 2. The highest BCUT2D eigenvalue weighted by atomic mass is 19.4. The van der Waals surface area contributed by atoms with Gasteiger partial charge in [0, 0.05) is 11.8 Å². The Morgan fingerprint density at radius 1 is 0.893 bits per heavy atom. The van der Waals surface area contributed by atoms with Gasteiger partial charge in [-0.15, -0.1) is 0 Å². The van der Waals surface area contributed by atoms with Crippen LogP contribution in [0.25, 0.3) is 5.69 Å². The lowest BCUT2D eigenvalue weighted by Crippen LogP contribution is -2.41. The SMILES string of the molecule is O=C(NNC(=O)c1ccccc1F)c1ccc(-n2ccc(C(F)(F)F)n2)cc1. The molecular weight excluding hydrogens is 380 g/mol. The molecule has 3 aromatic rings. The summed E-state index contributed by atoms with van der Waals surface area (Å²) in [4.78, 5) is 23.9. The van der Waals surface area contributed by atoms with Gasteiger partial charge in [-0.2, -0.15) is 18.3 Å². The number of nitrogens with zero attached hydrogens (tertiary/aromatic N) is 2. The van der Waals surface area contributed by atoms with E-state index in [-0.39, 0.29) is 11.1 Å². The molecule has 0 aliphatic rings. The van der Waals surface area contributed by atoms with Crippen LogP contribution in [0, 0.1) is 5.82 Å². The fraction of sp³-hybridized carbons (Fsp3) is 0.0556. The molecule has 0 unspecified atom stereocenters. The molecule has 0 fully saturated rings. The number of benzene rings is 2. The van der Waals surface area contributed by atoms with E-state index < -0.39 is 29.5 Å². The first kappa shape index (κ1) is 19.1. The Balaban J connectivity index is 1.65. The van der Waals surface area contributed by atoms with E-state index in [1.54, 1.807) is 0 Å². The molecule has 1 aromatic heterocycles. The summed E-state index contributed by atoms with van der Waals surface area (Å²) in [5.74, 6) is -2.26. The minimum absolute atomic E-state index is 0.126. The molecule has 144 valence electrons. The third kappa shape index (κ3) is 4.17. The van der Waals surface area contributed by atoms with Crippen LogP contribution in [0.15, 0.2) is 60.8 Å². The standard InChI is InChI=1S/C18H12F4N4O2/c19-14-4-2-1-3-13(14)17(28)24-23-16(27)11-5-7-12(8-6-11)26-10-9-15(25-26)18(20,21)22/h1-10H,(H,23,27)(H,24,28). The van der Waals surface area contributed by atoms with Crippen molar-refractivity contribution in [3.8, 4) is 5.69 Å². The van der Waals surface area contributed by atoms with Crippen molar-refractivity contribution in [3.05, 3.63) is 83.4 Å². The molecule has 0 aliphatic carbocycles. The lowest BCUT2D eigenvalue weighted by atomic mass is 10.2. The number of aromatic nitrogens is 2. The van der Waals surface area contributed by atoms with Crippen molar-refractivity contribution in [2.45, 2.75) is 6.18 Å². The van der Waals surface area contributed by atoms with Gasteiger partial charge in [-0.05, 0) is 42.5 Å². The number of hydrazine groups is 1. The lowest BCUT2D eigenvalue weighted by Gasteiger charge is -2.09. The second-order valence-electron chi connectivity index (χ2n) is 5.58. The normalized spacial score (nSPS) is 11.1. The summed E-state index contributed by atoms with van der Waals surface area (Å²) < 4.78 is 52.3. The van der Waals surface area contributed by atoms with Crippen LogP contribution in [0.4, 0.5) is 17.6 Å². The number of hydrogen-bond donors (Lipinski definition) is 2. The van der Waals surface area contributed by atoms with Crippen LogP contribution in [-0.2, 0) is 6.18 Å². The van der Waals surface area contributed by atoms with Gasteiger partial charge in [0.1, 0.15) is 5.82 Å². The van der Waals surface area contributed by atoms with Crippen LogP contribution in [0.1, 0.15) is 26.4 Å². The van der Waals surface area contributed by atoms with E-state index in [1.807, 2.05) is 0 Å². The summed E-state index contributed by atoms with van der Waals surface area (Å²) in [6.07, 6.45) is -3.41. The number of alkyl halides is 3. The van der Waals surface area contributed by atoms with Gasteiger partial charge < -0.3 is 0 Å². The maximum Gasteiger partial charge on any atom is 0.435 e. The molecule has 0 spiro atoms. The molecule has 28 heavy (non-hydrogen) atoms. The molecule has 0 bridgehead atoms.